The molecule has 0 amide bonds. The molecule has 0 bridgehead atoms. The zero-order valence-electron chi connectivity index (χ0n) is 47.7. The van der Waals surface area contributed by atoms with Crippen LogP contribution in [0.15, 0.2) is 0 Å². The average Bonchev–Trinajstić information content (AvgIpc) is 3.20. The van der Waals surface area contributed by atoms with Crippen LogP contribution in [0.5, 0.6) is 0 Å². The standard InChI is InChI=1S/6C2H6.7CH4.B3.30K.3H2.4H/c6*1-2;;;;;;;;1-3-2;;;;;;;;;;;;;;;;;;;;;;;;;;;;;;;;;;;;;/h6*1-2H3;7*1H4;;;;;;;;;;;;;;;;;;;;;;;;;;;;;;;;3*1H;;;;/q;;;;;;;;;;;;;;;;;;;;;;;;;;;;;;;;;;;;;;;;4*+1;;;;4*-1/i;;;;;;;;;;;;;;;;;;;;;;;;;;;;;;;;;;;;;;;;;;;;3*1+1;;;;. The monoisotopic (exact) mass is 1510 g/mol. The van der Waals surface area contributed by atoms with Gasteiger partial charge in [0.2, 0.25) is 0 Å². The molecule has 0 spiro atoms. The van der Waals surface area contributed by atoms with Gasteiger partial charge in [-0.05, 0) is 0 Å². The first kappa shape index (κ1) is 206. The number of hydrogen-bond acceptors (Lipinski definition) is 0. The number of hydrogen-bond donors (Lipinski definition) is 0. The Labute approximate surface area is 1120 Å². The predicted molar refractivity (Wildman–Crippen MR) is 293 cm³/mol. The van der Waals surface area contributed by atoms with E-state index in [2.05, 4.69) is 15.5 Å². The van der Waals surface area contributed by atoms with Crippen molar-refractivity contribution in [3.8, 4) is 0 Å². The maximum absolute atomic E-state index is 4.50. The Kier molecular flexibility index (Phi) is 1550. The molecule has 5 radical (unpaired) electrons. The first-order chi connectivity index (χ1) is 20.4. The normalized spacial score (nSPS) is 2.92. The molecule has 0 unspecified atom stereocenters. The maximum atomic E-state index is 4.50. The molecule has 0 rings (SSSR count). The molecule has 0 saturated heterocycles. The summed E-state index contributed by atoms with van der Waals surface area (Å²) in [6.07, 6.45) is 0. The van der Waals surface area contributed by atoms with Gasteiger partial charge in [0.15, 0.2) is 0 Å². The zero-order valence-corrected chi connectivity index (χ0v) is 137. The van der Waals surface area contributed by atoms with E-state index in [0.29, 0.717) is 0 Å². The van der Waals surface area contributed by atoms with Crippen molar-refractivity contribution < 1.29 is 216 Å². The predicted octanol–water partition coefficient (Wildman–Crippen LogP) is -11.2. The van der Waals surface area contributed by atoms with Crippen molar-refractivity contribution in [3.05, 3.63) is 0 Å². The summed E-state index contributed by atoms with van der Waals surface area (Å²) < 4.78 is 0. The fourth-order valence-electron chi connectivity index (χ4n) is 0. The molecule has 0 aliphatic heterocycles. The summed E-state index contributed by atoms with van der Waals surface area (Å²) in [6.45, 7) is 24.0. The summed E-state index contributed by atoms with van der Waals surface area (Å²) in [7, 11) is 10.0. The topological polar surface area (TPSA) is 0 Å². The van der Waals surface area contributed by atoms with Gasteiger partial charge in [0.1, 0.15) is 0 Å². The summed E-state index contributed by atoms with van der Waals surface area (Å²) in [5.41, 5.74) is 0. The Hall–Kier alpha value is 49.3. The Balaban J connectivity index is -0.00000000215. The number of rotatable bonds is 0. The first-order valence-corrected chi connectivity index (χ1v) is 228. The van der Waals surface area contributed by atoms with Crippen LogP contribution in [0.25, 0.3) is 0 Å². The molecule has 0 nitrogen and oxygen atoms in total. The first-order valence-electron chi connectivity index (χ1n) is 19.7. The SMILES string of the molecule is C.C.C.C.C.C.C.CC.CC.CC.CC.CC.CC.[2HH].[2HH].[2HH].[B][B][B].[H-].[H-].[H-].[H-].[K+].[K+].[K+].[K+].[K][K].[K][K].[K][K].[K][K].[K][K].[K][K].[K][K].[K][K].[K][K].[K][K].[K][K].[K][K].[K][K]. The summed E-state index contributed by atoms with van der Waals surface area (Å²) in [4.78, 5) is 0. The van der Waals surface area contributed by atoms with Crippen LogP contribution in [0, 0.1) is 0 Å². The van der Waals surface area contributed by atoms with Crippen molar-refractivity contribution in [3.63, 3.8) is 0 Å². The van der Waals surface area contributed by atoms with Crippen molar-refractivity contribution in [2.75, 3.05) is 0 Å². The van der Waals surface area contributed by atoms with E-state index in [4.69, 9.17) is 0 Å². The van der Waals surface area contributed by atoms with Crippen molar-refractivity contribution in [1.29, 1.82) is 0 Å². The summed E-state index contributed by atoms with van der Waals surface area (Å²) >= 11 is 32.5. The van der Waals surface area contributed by atoms with Gasteiger partial charge in [-0.3, -0.25) is 0 Å². The third kappa shape index (κ3) is 395. The summed E-state index contributed by atoms with van der Waals surface area (Å²) in [5, 5.41) is 0. The minimum atomic E-state index is 0. The molecule has 0 aromatic heterocycles. The fraction of sp³-hybridized carbons (Fsp3) is 1.00. The van der Waals surface area contributed by atoms with Crippen LogP contribution in [0.2, 0.25) is 0 Å². The quantitative estimate of drug-likeness (QED) is 0.212. The van der Waals surface area contributed by atoms with E-state index in [-0.39, 0.29) is 268 Å². The molecular formula is C19H74B3K30. The van der Waals surface area contributed by atoms with Gasteiger partial charge >= 0.3 is 1030 Å². The molecule has 189 valence electrons. The van der Waals surface area contributed by atoms with E-state index < -0.39 is 0 Å². The molecule has 0 heterocycles. The van der Waals surface area contributed by atoms with Gasteiger partial charge in [0.25, 0.3) is 0 Å². The second kappa shape index (κ2) is 391. The minimum absolute atomic E-state index is 0. The molecular weight excluding hydrogens is 1430 g/mol. The van der Waals surface area contributed by atoms with E-state index in [9.17, 15) is 0 Å². The second-order valence-electron chi connectivity index (χ2n) is 0.192. The Bertz CT molecular complexity index is 94.8. The zero-order chi connectivity index (χ0) is 40.7. The Morgan fingerprint density at radius 3 is 0.231 bits per heavy atom. The van der Waals surface area contributed by atoms with Crippen LogP contribution in [-0.2, 0) is 0 Å². The van der Waals surface area contributed by atoms with Crippen LogP contribution in [0.1, 0.15) is 145 Å². The average molecular weight is 1510 g/mol. The molecule has 52 heavy (non-hydrogen) atoms. The van der Waals surface area contributed by atoms with Gasteiger partial charge in [-0.15, -0.1) is 0 Å². The van der Waals surface area contributed by atoms with E-state index in [1.165, 1.54) is 821 Å². The van der Waals surface area contributed by atoms with Gasteiger partial charge in [-0.1, -0.05) is 135 Å². The van der Waals surface area contributed by atoms with Gasteiger partial charge in [0, 0.05) is 26.8 Å². The molecule has 0 aliphatic carbocycles. The molecule has 33 heteroatoms. The Morgan fingerprint density at radius 1 is 0.231 bits per heavy atom. The fourth-order valence-corrected chi connectivity index (χ4v) is 0. The van der Waals surface area contributed by atoms with E-state index >= 15 is 0 Å². The van der Waals surface area contributed by atoms with Crippen LogP contribution in [-0.4, -0.2) is 844 Å². The summed E-state index contributed by atoms with van der Waals surface area (Å²) in [5.74, 6) is 0. The third-order valence-corrected chi connectivity index (χ3v) is 0. The van der Waals surface area contributed by atoms with Crippen molar-refractivity contribution in [1.82, 2.24) is 0 Å². The molecule has 0 aliphatic rings. The van der Waals surface area contributed by atoms with Gasteiger partial charge in [-0.2, -0.15) is 0 Å². The molecule has 0 saturated carbocycles. The van der Waals surface area contributed by atoms with Gasteiger partial charge in [0.05, 0.1) is 0 Å². The van der Waals surface area contributed by atoms with Crippen molar-refractivity contribution >= 4 is 844 Å². The van der Waals surface area contributed by atoms with E-state index in [1.54, 1.807) is 0 Å². The van der Waals surface area contributed by atoms with Crippen LogP contribution >= 0.6 is 0 Å². The second-order valence-corrected chi connectivity index (χ2v) is 0.192. The van der Waals surface area contributed by atoms with Crippen molar-refractivity contribution in [2.24, 2.45) is 0 Å². The summed E-state index contributed by atoms with van der Waals surface area (Å²) in [6, 6.07) is 0. The van der Waals surface area contributed by atoms with Crippen LogP contribution in [0.3, 0.4) is 0 Å². The van der Waals surface area contributed by atoms with E-state index in [0.717, 1.165) is 7.06 Å². The molecule has 0 atom stereocenters. The third-order valence-electron chi connectivity index (χ3n) is 0. The van der Waals surface area contributed by atoms with Crippen LogP contribution < -0.4 is 206 Å². The molecule has 0 aromatic carbocycles. The van der Waals surface area contributed by atoms with E-state index in [1.807, 2.05) is 83.1 Å². The van der Waals surface area contributed by atoms with Crippen molar-refractivity contribution in [2.45, 2.75) is 135 Å². The Morgan fingerprint density at radius 2 is 0.231 bits per heavy atom. The molecule has 0 fully saturated rings. The van der Waals surface area contributed by atoms with Crippen LogP contribution in [0.4, 0.5) is 0 Å². The molecule has 0 N–H and O–H groups in total. The molecule has 0 aromatic rings. The van der Waals surface area contributed by atoms with Gasteiger partial charge < -0.3 is 5.71 Å². The van der Waals surface area contributed by atoms with Gasteiger partial charge in [-0.25, -0.2) is 0 Å².